The van der Waals surface area contributed by atoms with Crippen molar-refractivity contribution in [3.63, 3.8) is 0 Å². The normalized spacial score (nSPS) is 11.5. The largest absolute Gasteiger partial charge is 0.481 e. The number of nitrogens with one attached hydrogen (secondary N) is 2. The minimum atomic E-state index is -1.47. The molecule has 1 aromatic rings. The van der Waals surface area contributed by atoms with Crippen molar-refractivity contribution < 1.29 is 24.6 Å². The first-order chi connectivity index (χ1) is 9.29. The number of aliphatic carboxylic acids is 2. The van der Waals surface area contributed by atoms with Gasteiger partial charge in [0.1, 0.15) is 6.04 Å². The molecule has 0 aliphatic carbocycles. The second-order valence-electron chi connectivity index (χ2n) is 4.41. The standard InChI is InChI=1S/C13H16N2O5/c1-7-3-4-8(2)9(5-7)14-13(20)15-10(12(18)19)6-11(16)17/h3-5,10H,6H2,1-2H3,(H,16,17)(H,18,19)(H2,14,15,20)/t10-/m1/s1. The molecule has 0 radical (unpaired) electrons. The minimum absolute atomic E-state index is 0.543. The molecule has 108 valence electrons. The van der Waals surface area contributed by atoms with Crippen molar-refractivity contribution in [2.45, 2.75) is 26.3 Å². The second kappa shape index (κ2) is 6.55. The van der Waals surface area contributed by atoms with E-state index in [9.17, 15) is 14.4 Å². The molecule has 7 nitrogen and oxygen atoms in total. The van der Waals surface area contributed by atoms with Crippen LogP contribution in [-0.2, 0) is 9.59 Å². The van der Waals surface area contributed by atoms with E-state index in [0.29, 0.717) is 5.69 Å². The van der Waals surface area contributed by atoms with Gasteiger partial charge in [-0.1, -0.05) is 12.1 Å². The first-order valence-electron chi connectivity index (χ1n) is 5.89. The van der Waals surface area contributed by atoms with Crippen LogP contribution in [-0.4, -0.2) is 34.2 Å². The molecule has 1 atom stereocenters. The summed E-state index contributed by atoms with van der Waals surface area (Å²) in [6, 6.07) is 3.20. The maximum absolute atomic E-state index is 11.7. The van der Waals surface area contributed by atoms with Gasteiger partial charge < -0.3 is 20.8 Å². The van der Waals surface area contributed by atoms with Crippen molar-refractivity contribution >= 4 is 23.7 Å². The molecule has 1 rings (SSSR count). The van der Waals surface area contributed by atoms with Gasteiger partial charge in [0.2, 0.25) is 0 Å². The van der Waals surface area contributed by atoms with E-state index in [0.717, 1.165) is 11.1 Å². The van der Waals surface area contributed by atoms with Gasteiger partial charge in [-0.15, -0.1) is 0 Å². The van der Waals surface area contributed by atoms with Gasteiger partial charge in [0, 0.05) is 5.69 Å². The summed E-state index contributed by atoms with van der Waals surface area (Å²) in [6.07, 6.45) is -0.685. The summed E-state index contributed by atoms with van der Waals surface area (Å²) < 4.78 is 0. The number of carboxylic acid groups (broad SMARTS) is 2. The van der Waals surface area contributed by atoms with Crippen LogP contribution in [0.15, 0.2) is 18.2 Å². The fourth-order valence-corrected chi connectivity index (χ4v) is 1.56. The lowest BCUT2D eigenvalue weighted by Gasteiger charge is -2.14. The van der Waals surface area contributed by atoms with Crippen LogP contribution in [0.2, 0.25) is 0 Å². The highest BCUT2D eigenvalue weighted by Gasteiger charge is 2.23. The average Bonchev–Trinajstić information content (AvgIpc) is 2.32. The fourth-order valence-electron chi connectivity index (χ4n) is 1.56. The van der Waals surface area contributed by atoms with Crippen molar-refractivity contribution in [2.75, 3.05) is 5.32 Å². The predicted octanol–water partition coefficient (Wildman–Crippen LogP) is 1.35. The fraction of sp³-hybridized carbons (Fsp3) is 0.308. The predicted molar refractivity (Wildman–Crippen MR) is 71.7 cm³/mol. The van der Waals surface area contributed by atoms with Crippen LogP contribution in [0.5, 0.6) is 0 Å². The maximum Gasteiger partial charge on any atom is 0.326 e. The molecule has 20 heavy (non-hydrogen) atoms. The molecule has 0 aromatic heterocycles. The van der Waals surface area contributed by atoms with Gasteiger partial charge >= 0.3 is 18.0 Å². The second-order valence-corrected chi connectivity index (χ2v) is 4.41. The SMILES string of the molecule is Cc1ccc(C)c(NC(=O)N[C@H](CC(=O)O)C(=O)O)c1. The van der Waals surface area contributed by atoms with E-state index < -0.39 is 30.4 Å². The van der Waals surface area contributed by atoms with Crippen LogP contribution in [0, 0.1) is 13.8 Å². The van der Waals surface area contributed by atoms with Crippen LogP contribution in [0.25, 0.3) is 0 Å². The third-order valence-electron chi connectivity index (χ3n) is 2.62. The zero-order valence-corrected chi connectivity index (χ0v) is 11.1. The number of carbonyl (C=O) groups excluding carboxylic acids is 1. The van der Waals surface area contributed by atoms with Crippen molar-refractivity contribution in [1.82, 2.24) is 5.32 Å². The molecule has 0 aliphatic heterocycles. The molecule has 0 unspecified atom stereocenters. The maximum atomic E-state index is 11.7. The molecule has 0 bridgehead atoms. The zero-order valence-electron chi connectivity index (χ0n) is 11.1. The summed E-state index contributed by atoms with van der Waals surface area (Å²) in [5, 5.41) is 22.0. The molecule has 0 aliphatic rings. The zero-order chi connectivity index (χ0) is 15.3. The molecule has 0 fully saturated rings. The third-order valence-corrected chi connectivity index (χ3v) is 2.62. The Morgan fingerprint density at radius 2 is 1.85 bits per heavy atom. The molecule has 2 amide bonds. The number of rotatable bonds is 5. The van der Waals surface area contributed by atoms with Crippen LogP contribution in [0.4, 0.5) is 10.5 Å². The first-order valence-corrected chi connectivity index (χ1v) is 5.89. The third kappa shape index (κ3) is 4.60. The van der Waals surface area contributed by atoms with E-state index in [1.54, 1.807) is 13.0 Å². The first kappa shape index (κ1) is 15.5. The Morgan fingerprint density at radius 3 is 2.40 bits per heavy atom. The lowest BCUT2D eigenvalue weighted by molar-refractivity contribution is -0.145. The molecule has 0 spiro atoms. The van der Waals surface area contributed by atoms with Crippen molar-refractivity contribution in [1.29, 1.82) is 0 Å². The molecule has 0 heterocycles. The number of carbonyl (C=O) groups is 3. The van der Waals surface area contributed by atoms with E-state index >= 15 is 0 Å². The van der Waals surface area contributed by atoms with E-state index in [-0.39, 0.29) is 0 Å². The van der Waals surface area contributed by atoms with Gasteiger partial charge in [-0.3, -0.25) is 4.79 Å². The summed E-state index contributed by atoms with van der Waals surface area (Å²) in [5.41, 5.74) is 2.30. The van der Waals surface area contributed by atoms with Crippen LogP contribution in [0.1, 0.15) is 17.5 Å². The van der Waals surface area contributed by atoms with E-state index in [1.165, 1.54) is 0 Å². The Balaban J connectivity index is 2.72. The highest BCUT2D eigenvalue weighted by molar-refractivity contribution is 5.94. The monoisotopic (exact) mass is 280 g/mol. The lowest BCUT2D eigenvalue weighted by Crippen LogP contribution is -2.44. The summed E-state index contributed by atoms with van der Waals surface area (Å²) in [4.78, 5) is 33.0. The van der Waals surface area contributed by atoms with Gasteiger partial charge in [0.25, 0.3) is 0 Å². The van der Waals surface area contributed by atoms with Gasteiger partial charge in [0.05, 0.1) is 6.42 Å². The molecule has 1 aromatic carbocycles. The van der Waals surface area contributed by atoms with Crippen LogP contribution in [0.3, 0.4) is 0 Å². The number of amides is 2. The van der Waals surface area contributed by atoms with Crippen LogP contribution < -0.4 is 10.6 Å². The Kier molecular flexibility index (Phi) is 5.08. The van der Waals surface area contributed by atoms with Crippen molar-refractivity contribution in [3.8, 4) is 0 Å². The van der Waals surface area contributed by atoms with E-state index in [2.05, 4.69) is 10.6 Å². The number of benzene rings is 1. The average molecular weight is 280 g/mol. The highest BCUT2D eigenvalue weighted by atomic mass is 16.4. The number of carboxylic acids is 2. The summed E-state index contributed by atoms with van der Waals surface area (Å²) in [7, 11) is 0. The molecule has 0 saturated carbocycles. The number of hydrogen-bond donors (Lipinski definition) is 4. The lowest BCUT2D eigenvalue weighted by atomic mass is 10.1. The molecular weight excluding hydrogens is 264 g/mol. The van der Waals surface area contributed by atoms with Crippen molar-refractivity contribution in [2.24, 2.45) is 0 Å². The minimum Gasteiger partial charge on any atom is -0.481 e. The number of anilines is 1. The van der Waals surface area contributed by atoms with Crippen LogP contribution >= 0.6 is 0 Å². The summed E-state index contributed by atoms with van der Waals surface area (Å²) in [6.45, 7) is 3.65. The molecule has 4 N–H and O–H groups in total. The van der Waals surface area contributed by atoms with E-state index in [4.69, 9.17) is 10.2 Å². The van der Waals surface area contributed by atoms with Gasteiger partial charge in [0.15, 0.2) is 0 Å². The Hall–Kier alpha value is -2.57. The van der Waals surface area contributed by atoms with Gasteiger partial charge in [-0.2, -0.15) is 0 Å². The smallest absolute Gasteiger partial charge is 0.326 e. The number of urea groups is 1. The number of hydrogen-bond acceptors (Lipinski definition) is 3. The molecule has 7 heteroatoms. The Labute approximate surface area is 115 Å². The Morgan fingerprint density at radius 1 is 1.20 bits per heavy atom. The summed E-state index contributed by atoms with van der Waals surface area (Å²) >= 11 is 0. The number of aryl methyl sites for hydroxylation is 2. The van der Waals surface area contributed by atoms with Gasteiger partial charge in [-0.25, -0.2) is 9.59 Å². The van der Waals surface area contributed by atoms with E-state index in [1.807, 2.05) is 19.1 Å². The molecule has 0 saturated heterocycles. The highest BCUT2D eigenvalue weighted by Crippen LogP contribution is 2.16. The van der Waals surface area contributed by atoms with Gasteiger partial charge in [-0.05, 0) is 31.0 Å². The Bertz CT molecular complexity index is 542. The topological polar surface area (TPSA) is 116 Å². The summed E-state index contributed by atoms with van der Waals surface area (Å²) in [5.74, 6) is -2.70. The quantitative estimate of drug-likeness (QED) is 0.649. The molecular formula is C13H16N2O5. The van der Waals surface area contributed by atoms with Crippen molar-refractivity contribution in [3.05, 3.63) is 29.3 Å².